The highest BCUT2D eigenvalue weighted by Gasteiger charge is 2.51. The van der Waals surface area contributed by atoms with Crippen LogP contribution in [0.5, 0.6) is 5.75 Å². The molecule has 0 atom stereocenters. The minimum atomic E-state index is -0.533. The molecule has 31 heavy (non-hydrogen) atoms. The molecule has 6 rings (SSSR count). The number of carbonyl (C=O) groups is 2. The van der Waals surface area contributed by atoms with E-state index in [0.29, 0.717) is 33.7 Å². The van der Waals surface area contributed by atoms with Gasteiger partial charge in [0.1, 0.15) is 5.52 Å². The van der Waals surface area contributed by atoms with Gasteiger partial charge in [-0.05, 0) is 81.4 Å². The predicted molar refractivity (Wildman–Crippen MR) is 120 cm³/mol. The van der Waals surface area contributed by atoms with Crippen LogP contribution >= 0.6 is 23.2 Å². The Bertz CT molecular complexity index is 1040. The number of carbonyl (C=O) groups excluding carboxylic acids is 2. The molecule has 4 fully saturated rings. The lowest BCUT2D eigenvalue weighted by atomic mass is 9.53. The summed E-state index contributed by atoms with van der Waals surface area (Å²) < 4.78 is 5.67. The third-order valence-corrected chi connectivity index (χ3v) is 7.59. The first-order valence-electron chi connectivity index (χ1n) is 10.8. The molecule has 0 radical (unpaired) electrons. The highest BCUT2D eigenvalue weighted by molar-refractivity contribution is 6.39. The summed E-state index contributed by atoms with van der Waals surface area (Å²) in [7, 11) is 0. The molecule has 2 N–H and O–H groups in total. The van der Waals surface area contributed by atoms with Gasteiger partial charge in [-0.1, -0.05) is 23.2 Å². The number of hydrogen-bond acceptors (Lipinski definition) is 4. The molecule has 6 nitrogen and oxygen atoms in total. The van der Waals surface area contributed by atoms with Gasteiger partial charge in [0.2, 0.25) is 0 Å². The number of ether oxygens (including phenoxy) is 1. The smallest absolute Gasteiger partial charge is 0.321 e. The summed E-state index contributed by atoms with van der Waals surface area (Å²) in [6.45, 7) is 1.50. The fourth-order valence-corrected chi connectivity index (χ4v) is 6.83. The van der Waals surface area contributed by atoms with E-state index in [9.17, 15) is 9.59 Å². The van der Waals surface area contributed by atoms with Crippen LogP contribution in [0.15, 0.2) is 18.2 Å². The summed E-state index contributed by atoms with van der Waals surface area (Å²) in [5.41, 5.74) is 1.11. The first-order valence-corrected chi connectivity index (χ1v) is 11.6. The number of aryl methyl sites for hydroxylation is 1. The van der Waals surface area contributed by atoms with Crippen molar-refractivity contribution in [2.45, 2.75) is 51.0 Å². The standard InChI is InChI=1S/C23H25Cl2N3O3/c1-12-2-3-16-17(24)7-18(25)21(20(16)26-12)31-11-19(29)27-22(30)28-23-8-13-4-14(9-23)6-15(5-13)10-23/h2-3,7,13-15H,4-6,8-11H2,1H3,(H2,27,28,29,30). The average molecular weight is 462 g/mol. The number of aromatic nitrogens is 1. The summed E-state index contributed by atoms with van der Waals surface area (Å²) in [4.78, 5) is 29.4. The van der Waals surface area contributed by atoms with Gasteiger partial charge in [-0.25, -0.2) is 9.78 Å². The Hall–Kier alpha value is -2.05. The van der Waals surface area contributed by atoms with Crippen molar-refractivity contribution in [3.63, 3.8) is 0 Å². The molecule has 4 aliphatic rings. The third kappa shape index (κ3) is 4.08. The lowest BCUT2D eigenvalue weighted by Crippen LogP contribution is -2.62. The molecule has 2 aromatic rings. The lowest BCUT2D eigenvalue weighted by Gasteiger charge is -2.56. The molecule has 164 valence electrons. The Labute approximate surface area is 191 Å². The van der Waals surface area contributed by atoms with E-state index < -0.39 is 11.9 Å². The van der Waals surface area contributed by atoms with Crippen molar-refractivity contribution in [3.8, 4) is 5.75 Å². The maximum absolute atomic E-state index is 12.6. The van der Waals surface area contributed by atoms with Crippen LogP contribution in [0, 0.1) is 24.7 Å². The zero-order valence-corrected chi connectivity index (χ0v) is 18.9. The van der Waals surface area contributed by atoms with Crippen molar-refractivity contribution in [3.05, 3.63) is 33.9 Å². The maximum Gasteiger partial charge on any atom is 0.321 e. The number of benzene rings is 1. The Kier molecular flexibility index (Phi) is 5.25. The van der Waals surface area contributed by atoms with Crippen LogP contribution in [0.25, 0.3) is 10.9 Å². The Morgan fingerprint density at radius 3 is 2.39 bits per heavy atom. The number of amides is 3. The van der Waals surface area contributed by atoms with Gasteiger partial charge in [0.15, 0.2) is 12.4 Å². The quantitative estimate of drug-likeness (QED) is 0.669. The van der Waals surface area contributed by atoms with Crippen molar-refractivity contribution >= 4 is 46.0 Å². The predicted octanol–water partition coefficient (Wildman–Crippen LogP) is 5.02. The zero-order valence-electron chi connectivity index (χ0n) is 17.3. The molecule has 1 aromatic carbocycles. The maximum atomic E-state index is 12.6. The molecule has 1 heterocycles. The largest absolute Gasteiger partial charge is 0.480 e. The Balaban J connectivity index is 1.23. The Morgan fingerprint density at radius 1 is 1.10 bits per heavy atom. The van der Waals surface area contributed by atoms with Crippen molar-refractivity contribution < 1.29 is 14.3 Å². The number of nitrogens with one attached hydrogen (secondary N) is 2. The van der Waals surface area contributed by atoms with E-state index in [4.69, 9.17) is 27.9 Å². The van der Waals surface area contributed by atoms with Crippen molar-refractivity contribution in [1.82, 2.24) is 15.6 Å². The van der Waals surface area contributed by atoms with E-state index >= 15 is 0 Å². The van der Waals surface area contributed by atoms with E-state index in [1.54, 1.807) is 6.07 Å². The van der Waals surface area contributed by atoms with Crippen molar-refractivity contribution in [2.24, 2.45) is 17.8 Å². The molecule has 0 aliphatic heterocycles. The molecule has 0 spiro atoms. The molecule has 4 saturated carbocycles. The molecular weight excluding hydrogens is 437 g/mol. The number of pyridine rings is 1. The second-order valence-electron chi connectivity index (χ2n) is 9.51. The minimum absolute atomic E-state index is 0.156. The van der Waals surface area contributed by atoms with Gasteiger partial charge in [-0.2, -0.15) is 0 Å². The van der Waals surface area contributed by atoms with Gasteiger partial charge in [-0.3, -0.25) is 10.1 Å². The summed E-state index contributed by atoms with van der Waals surface area (Å²) in [5.74, 6) is 1.88. The van der Waals surface area contributed by atoms with Gasteiger partial charge in [0, 0.05) is 16.6 Å². The van der Waals surface area contributed by atoms with Gasteiger partial charge in [0.05, 0.1) is 10.0 Å². The minimum Gasteiger partial charge on any atom is -0.480 e. The third-order valence-electron chi connectivity index (χ3n) is 6.99. The second kappa shape index (κ2) is 7.82. The van der Waals surface area contributed by atoms with E-state index in [1.807, 2.05) is 19.1 Å². The Morgan fingerprint density at radius 2 is 1.74 bits per heavy atom. The molecule has 1 aromatic heterocycles. The summed E-state index contributed by atoms with van der Waals surface area (Å²) in [6, 6.07) is 4.79. The van der Waals surface area contributed by atoms with Crippen LogP contribution in [-0.2, 0) is 4.79 Å². The molecular formula is C23H25Cl2N3O3. The normalized spacial score (nSPS) is 28.5. The number of hydrogen-bond donors (Lipinski definition) is 2. The first kappa shape index (κ1) is 20.8. The lowest BCUT2D eigenvalue weighted by molar-refractivity contribution is -0.122. The molecule has 0 saturated heterocycles. The van der Waals surface area contributed by atoms with Crippen LogP contribution in [-0.4, -0.2) is 29.1 Å². The van der Waals surface area contributed by atoms with Gasteiger partial charge in [0.25, 0.3) is 5.91 Å². The monoisotopic (exact) mass is 461 g/mol. The fourth-order valence-electron chi connectivity index (χ4n) is 6.26. The SMILES string of the molecule is Cc1ccc2c(Cl)cc(Cl)c(OCC(=O)NC(=O)NC34CC5CC(CC(C5)C3)C4)c2n1. The highest BCUT2D eigenvalue weighted by Crippen LogP contribution is 2.55. The molecule has 3 amide bonds. The van der Waals surface area contributed by atoms with Crippen LogP contribution in [0.3, 0.4) is 0 Å². The molecule has 4 aliphatic carbocycles. The van der Waals surface area contributed by atoms with Crippen LogP contribution < -0.4 is 15.4 Å². The number of urea groups is 1. The highest BCUT2D eigenvalue weighted by atomic mass is 35.5. The zero-order chi connectivity index (χ0) is 21.8. The van der Waals surface area contributed by atoms with Gasteiger partial charge < -0.3 is 10.1 Å². The summed E-state index contributed by atoms with van der Waals surface area (Å²) >= 11 is 12.5. The summed E-state index contributed by atoms with van der Waals surface area (Å²) in [6.07, 6.45) is 6.94. The fraction of sp³-hybridized carbons (Fsp3) is 0.522. The van der Waals surface area contributed by atoms with Crippen LogP contribution in [0.1, 0.15) is 44.2 Å². The average Bonchev–Trinajstić information content (AvgIpc) is 2.65. The van der Waals surface area contributed by atoms with Crippen molar-refractivity contribution in [2.75, 3.05) is 6.61 Å². The topological polar surface area (TPSA) is 80.3 Å². The number of imide groups is 1. The number of rotatable bonds is 4. The number of fused-ring (bicyclic) bond motifs is 1. The molecule has 8 heteroatoms. The van der Waals surface area contributed by atoms with E-state index in [0.717, 1.165) is 25.0 Å². The van der Waals surface area contributed by atoms with E-state index in [2.05, 4.69) is 15.6 Å². The van der Waals surface area contributed by atoms with Gasteiger partial charge in [-0.15, -0.1) is 0 Å². The second-order valence-corrected chi connectivity index (χ2v) is 10.3. The number of halogens is 2. The van der Waals surface area contributed by atoms with E-state index in [1.165, 1.54) is 19.3 Å². The summed E-state index contributed by atoms with van der Waals surface area (Å²) in [5, 5.41) is 6.95. The van der Waals surface area contributed by atoms with Crippen LogP contribution in [0.2, 0.25) is 10.0 Å². The number of nitrogens with zero attached hydrogens (tertiary/aromatic N) is 1. The first-order chi connectivity index (χ1) is 14.8. The molecule has 0 unspecified atom stereocenters. The van der Waals surface area contributed by atoms with Crippen molar-refractivity contribution in [1.29, 1.82) is 0 Å². The van der Waals surface area contributed by atoms with Gasteiger partial charge >= 0.3 is 6.03 Å². The molecule has 4 bridgehead atoms. The van der Waals surface area contributed by atoms with Crippen LogP contribution in [0.4, 0.5) is 4.79 Å². The van der Waals surface area contributed by atoms with E-state index in [-0.39, 0.29) is 22.9 Å².